The van der Waals surface area contributed by atoms with Gasteiger partial charge < -0.3 is 15.8 Å². The Bertz CT molecular complexity index is 672. The molecule has 4 nitrogen and oxygen atoms in total. The maximum Gasteiger partial charge on any atom is 0.193 e. The largest absolute Gasteiger partial charge is 0.497 e. The monoisotopic (exact) mass is 325 g/mol. The first-order valence-electron chi connectivity index (χ1n) is 8.27. The summed E-state index contributed by atoms with van der Waals surface area (Å²) in [7, 11) is 1.68. The molecule has 2 rings (SSSR count). The van der Waals surface area contributed by atoms with E-state index < -0.39 is 0 Å². The summed E-state index contributed by atoms with van der Waals surface area (Å²) >= 11 is 0. The summed E-state index contributed by atoms with van der Waals surface area (Å²) in [6, 6.07) is 14.4. The van der Waals surface area contributed by atoms with Crippen LogP contribution in [0.5, 0.6) is 5.75 Å². The van der Waals surface area contributed by atoms with E-state index in [1.54, 1.807) is 7.11 Å². The number of hydrogen-bond donors (Lipinski definition) is 2. The molecule has 0 aromatic heterocycles. The number of nitrogens with zero attached hydrogens (tertiary/aromatic N) is 1. The topological polar surface area (TPSA) is 59.6 Å². The fourth-order valence-corrected chi connectivity index (χ4v) is 2.71. The minimum Gasteiger partial charge on any atom is -0.497 e. The van der Waals surface area contributed by atoms with Crippen LogP contribution in [0.4, 0.5) is 5.69 Å². The highest BCUT2D eigenvalue weighted by Crippen LogP contribution is 2.21. The Morgan fingerprint density at radius 2 is 1.75 bits per heavy atom. The van der Waals surface area contributed by atoms with E-state index in [2.05, 4.69) is 61.4 Å². The van der Waals surface area contributed by atoms with Crippen molar-refractivity contribution in [1.29, 1.82) is 0 Å². The van der Waals surface area contributed by atoms with Gasteiger partial charge in [0.1, 0.15) is 5.75 Å². The minimum atomic E-state index is 0.425. The second-order valence-electron chi connectivity index (χ2n) is 6.23. The van der Waals surface area contributed by atoms with Gasteiger partial charge in [-0.3, -0.25) is 4.99 Å². The number of ether oxygens (including phenoxy) is 1. The van der Waals surface area contributed by atoms with Crippen molar-refractivity contribution in [2.24, 2.45) is 10.7 Å². The first-order valence-corrected chi connectivity index (χ1v) is 8.27. The van der Waals surface area contributed by atoms with Gasteiger partial charge in [-0.2, -0.15) is 0 Å². The highest BCUT2D eigenvalue weighted by atomic mass is 16.5. The number of methoxy groups -OCH3 is 1. The molecule has 128 valence electrons. The number of rotatable bonds is 6. The van der Waals surface area contributed by atoms with E-state index in [1.165, 1.54) is 16.7 Å². The van der Waals surface area contributed by atoms with Crippen LogP contribution in [0.25, 0.3) is 0 Å². The van der Waals surface area contributed by atoms with Crippen molar-refractivity contribution in [3.63, 3.8) is 0 Å². The number of benzene rings is 2. The summed E-state index contributed by atoms with van der Waals surface area (Å²) in [5.41, 5.74) is 10.7. The van der Waals surface area contributed by atoms with Crippen molar-refractivity contribution in [1.82, 2.24) is 0 Å². The number of hydrogen-bond acceptors (Lipinski definition) is 2. The average Bonchev–Trinajstić information content (AvgIpc) is 2.53. The highest BCUT2D eigenvalue weighted by Gasteiger charge is 2.05. The summed E-state index contributed by atoms with van der Waals surface area (Å²) in [5.74, 6) is 1.77. The smallest absolute Gasteiger partial charge is 0.193 e. The predicted molar refractivity (Wildman–Crippen MR) is 102 cm³/mol. The molecule has 2 aromatic carbocycles. The van der Waals surface area contributed by atoms with Crippen LogP contribution in [-0.4, -0.2) is 19.6 Å². The normalized spacial score (nSPS) is 12.8. The molecule has 24 heavy (non-hydrogen) atoms. The van der Waals surface area contributed by atoms with Crippen molar-refractivity contribution in [2.45, 2.75) is 33.1 Å². The van der Waals surface area contributed by atoms with Gasteiger partial charge in [0, 0.05) is 12.2 Å². The molecule has 1 unspecified atom stereocenters. The fraction of sp³-hybridized carbons (Fsp3) is 0.350. The molecule has 0 fully saturated rings. The lowest BCUT2D eigenvalue weighted by molar-refractivity contribution is 0.414. The van der Waals surface area contributed by atoms with Crippen LogP contribution >= 0.6 is 0 Å². The zero-order valence-corrected chi connectivity index (χ0v) is 15.0. The molecule has 0 bridgehead atoms. The quantitative estimate of drug-likeness (QED) is 0.617. The zero-order valence-electron chi connectivity index (χ0n) is 15.0. The summed E-state index contributed by atoms with van der Waals surface area (Å²) in [5, 5.41) is 3.16. The van der Waals surface area contributed by atoms with Crippen molar-refractivity contribution >= 4 is 11.6 Å². The average molecular weight is 325 g/mol. The SMILES string of the molecule is COc1ccc(C(C)CCN=C(N)Nc2cc(C)cc(C)c2)cc1. The molecule has 0 saturated carbocycles. The Hall–Kier alpha value is -2.49. The molecule has 2 aromatic rings. The third kappa shape index (κ3) is 5.30. The Balaban J connectivity index is 1.87. The Kier molecular flexibility index (Phi) is 6.24. The van der Waals surface area contributed by atoms with Crippen molar-refractivity contribution in [3.05, 3.63) is 59.2 Å². The Morgan fingerprint density at radius 3 is 2.33 bits per heavy atom. The first-order chi connectivity index (χ1) is 11.5. The number of aliphatic imine (C=N–C) groups is 1. The molecule has 0 spiro atoms. The molecule has 0 radical (unpaired) electrons. The van der Waals surface area contributed by atoms with E-state index in [0.29, 0.717) is 18.4 Å². The van der Waals surface area contributed by atoms with Gasteiger partial charge in [-0.05, 0) is 67.1 Å². The molecule has 0 amide bonds. The van der Waals surface area contributed by atoms with Crippen molar-refractivity contribution in [2.75, 3.05) is 19.0 Å². The molecule has 1 atom stereocenters. The minimum absolute atomic E-state index is 0.425. The summed E-state index contributed by atoms with van der Waals surface area (Å²) < 4.78 is 5.19. The van der Waals surface area contributed by atoms with Gasteiger partial charge in [-0.1, -0.05) is 25.1 Å². The lowest BCUT2D eigenvalue weighted by atomic mass is 9.98. The van der Waals surface area contributed by atoms with Crippen LogP contribution in [0.3, 0.4) is 0 Å². The van der Waals surface area contributed by atoms with Gasteiger partial charge in [-0.25, -0.2) is 0 Å². The van der Waals surface area contributed by atoms with Crippen LogP contribution < -0.4 is 15.8 Å². The predicted octanol–water partition coefficient (Wildman–Crippen LogP) is 4.23. The number of nitrogens with two attached hydrogens (primary N) is 1. The number of guanidine groups is 1. The van der Waals surface area contributed by atoms with Gasteiger partial charge in [0.15, 0.2) is 5.96 Å². The van der Waals surface area contributed by atoms with E-state index in [9.17, 15) is 0 Å². The number of anilines is 1. The first kappa shape index (κ1) is 17.9. The second-order valence-corrected chi connectivity index (χ2v) is 6.23. The van der Waals surface area contributed by atoms with E-state index in [0.717, 1.165) is 17.9 Å². The molecule has 0 aliphatic carbocycles. The van der Waals surface area contributed by atoms with Gasteiger partial charge in [-0.15, -0.1) is 0 Å². The van der Waals surface area contributed by atoms with Gasteiger partial charge in [0.05, 0.1) is 7.11 Å². The van der Waals surface area contributed by atoms with Gasteiger partial charge in [0.2, 0.25) is 0 Å². The maximum atomic E-state index is 5.99. The molecule has 0 aliphatic rings. The lowest BCUT2D eigenvalue weighted by Crippen LogP contribution is -2.23. The van der Waals surface area contributed by atoms with E-state index in [1.807, 2.05) is 12.1 Å². The van der Waals surface area contributed by atoms with E-state index in [-0.39, 0.29) is 0 Å². The van der Waals surface area contributed by atoms with Gasteiger partial charge in [0.25, 0.3) is 0 Å². The molecular weight excluding hydrogens is 298 g/mol. The molecular formula is C20H27N3O. The standard InChI is InChI=1S/C20H27N3O/c1-14-11-15(2)13-18(12-14)23-20(21)22-10-9-16(3)17-5-7-19(24-4)8-6-17/h5-8,11-13,16H,9-10H2,1-4H3,(H3,21,22,23). The third-order valence-electron chi connectivity index (χ3n) is 4.02. The molecule has 3 N–H and O–H groups in total. The molecule has 0 saturated heterocycles. The van der Waals surface area contributed by atoms with E-state index >= 15 is 0 Å². The fourth-order valence-electron chi connectivity index (χ4n) is 2.71. The van der Waals surface area contributed by atoms with Gasteiger partial charge >= 0.3 is 0 Å². The van der Waals surface area contributed by atoms with Crippen LogP contribution in [0.15, 0.2) is 47.5 Å². The highest BCUT2D eigenvalue weighted by molar-refractivity contribution is 5.92. The van der Waals surface area contributed by atoms with Crippen molar-refractivity contribution in [3.8, 4) is 5.75 Å². The summed E-state index contributed by atoms with van der Waals surface area (Å²) in [6.07, 6.45) is 0.946. The second kappa shape index (κ2) is 8.39. The van der Waals surface area contributed by atoms with Crippen LogP contribution in [0.2, 0.25) is 0 Å². The molecule has 0 heterocycles. The zero-order chi connectivity index (χ0) is 17.5. The van der Waals surface area contributed by atoms with Crippen molar-refractivity contribution < 1.29 is 4.74 Å². The molecule has 4 heteroatoms. The Morgan fingerprint density at radius 1 is 1.12 bits per heavy atom. The summed E-state index contributed by atoms with van der Waals surface area (Å²) in [4.78, 5) is 4.44. The molecule has 0 aliphatic heterocycles. The lowest BCUT2D eigenvalue weighted by Gasteiger charge is -2.12. The number of nitrogens with one attached hydrogen (secondary N) is 1. The Labute approximate surface area is 144 Å². The van der Waals surface area contributed by atoms with Crippen LogP contribution in [-0.2, 0) is 0 Å². The van der Waals surface area contributed by atoms with Crippen LogP contribution in [0, 0.1) is 13.8 Å². The number of aryl methyl sites for hydroxylation is 2. The van der Waals surface area contributed by atoms with E-state index in [4.69, 9.17) is 10.5 Å². The van der Waals surface area contributed by atoms with Crippen LogP contribution in [0.1, 0.15) is 36.0 Å². The third-order valence-corrected chi connectivity index (χ3v) is 4.02. The maximum absolute atomic E-state index is 5.99. The summed E-state index contributed by atoms with van der Waals surface area (Å²) in [6.45, 7) is 7.03.